The van der Waals surface area contributed by atoms with Crippen LogP contribution in [0.1, 0.15) is 55.4 Å². The topological polar surface area (TPSA) is 122 Å². The first kappa shape index (κ1) is 31.4. The third kappa shape index (κ3) is 6.50. The molecule has 0 fully saturated rings. The van der Waals surface area contributed by atoms with Gasteiger partial charge in [-0.15, -0.1) is 10.2 Å². The zero-order chi connectivity index (χ0) is 33.4. The molecule has 11 nitrogen and oxygen atoms in total. The summed E-state index contributed by atoms with van der Waals surface area (Å²) < 4.78 is 10.3. The maximum absolute atomic E-state index is 13.4. The van der Waals surface area contributed by atoms with E-state index in [0.29, 0.717) is 19.0 Å². The number of phenols is 1. The Labute approximate surface area is 280 Å². The summed E-state index contributed by atoms with van der Waals surface area (Å²) in [6.07, 6.45) is 2.83. The quantitative estimate of drug-likeness (QED) is 0.177. The van der Waals surface area contributed by atoms with Crippen LogP contribution in [0.25, 0.3) is 17.1 Å². The highest BCUT2D eigenvalue weighted by atomic mass is 16.5. The van der Waals surface area contributed by atoms with Crippen LogP contribution < -0.4 is 15.4 Å². The smallest absolute Gasteiger partial charge is 0.324 e. The van der Waals surface area contributed by atoms with Gasteiger partial charge in [0.25, 0.3) is 0 Å². The van der Waals surface area contributed by atoms with Crippen LogP contribution >= 0.6 is 0 Å². The van der Waals surface area contributed by atoms with Crippen molar-refractivity contribution >= 4 is 17.5 Å². The summed E-state index contributed by atoms with van der Waals surface area (Å²) >= 11 is 0. The first-order valence-corrected chi connectivity index (χ1v) is 16.6. The Morgan fingerprint density at radius 2 is 1.71 bits per heavy atom. The molecular weight excluding hydrogens is 604 g/mol. The van der Waals surface area contributed by atoms with E-state index in [2.05, 4.69) is 51.1 Å². The number of nitrogens with one attached hydrogen (secondary N) is 2. The number of benzene rings is 3. The molecule has 0 saturated carbocycles. The summed E-state index contributed by atoms with van der Waals surface area (Å²) in [5.74, 6) is 3.49. The molecule has 1 aliphatic heterocycles. The van der Waals surface area contributed by atoms with Crippen LogP contribution in [0.3, 0.4) is 0 Å². The van der Waals surface area contributed by atoms with Crippen molar-refractivity contribution < 1.29 is 14.6 Å². The first-order valence-electron chi connectivity index (χ1n) is 16.6. The van der Waals surface area contributed by atoms with Crippen LogP contribution in [0.4, 0.5) is 16.3 Å². The standard InChI is InChI=1S/C37H42N8O3/c1-24-8-12-26(13-9-24)45-33(22-32(42-45)37(2,3)4)39-36(47)38-30-16-17-31(29-7-5-6-28(29)30)48-21-20-43-18-19-44-34(23-43)40-41-35(44)25-10-14-27(46)15-11-25/h8-17,22,46H,5-7,18-21,23H2,1-4H3,(H2,38,39,47). The Morgan fingerprint density at radius 1 is 0.938 bits per heavy atom. The molecule has 11 heteroatoms. The molecule has 48 heavy (non-hydrogen) atoms. The number of aryl methyl sites for hydroxylation is 1. The van der Waals surface area contributed by atoms with Crippen molar-refractivity contribution in [2.75, 3.05) is 30.3 Å². The number of fused-ring (bicyclic) bond motifs is 2. The molecule has 0 spiro atoms. The Kier molecular flexibility index (Phi) is 8.38. The van der Waals surface area contributed by atoms with E-state index < -0.39 is 0 Å². The third-order valence-corrected chi connectivity index (χ3v) is 9.11. The number of ether oxygens (including phenoxy) is 1. The monoisotopic (exact) mass is 646 g/mol. The second-order valence-corrected chi connectivity index (χ2v) is 13.7. The Bertz CT molecular complexity index is 1940. The second kappa shape index (κ2) is 12.8. The molecule has 3 heterocycles. The summed E-state index contributed by atoms with van der Waals surface area (Å²) in [5.41, 5.74) is 6.83. The van der Waals surface area contributed by atoms with Crippen LogP contribution in [0, 0.1) is 6.92 Å². The van der Waals surface area contributed by atoms with Gasteiger partial charge in [0.2, 0.25) is 0 Å². The van der Waals surface area contributed by atoms with Gasteiger partial charge in [0, 0.05) is 42.4 Å². The van der Waals surface area contributed by atoms with Crippen LogP contribution in [0.2, 0.25) is 0 Å². The number of nitrogens with zero attached hydrogens (tertiary/aromatic N) is 6. The van der Waals surface area contributed by atoms with Crippen LogP contribution in [-0.4, -0.2) is 60.3 Å². The molecular formula is C37H42N8O3. The summed E-state index contributed by atoms with van der Waals surface area (Å²) in [5, 5.41) is 29.5. The number of aromatic hydroxyl groups is 1. The maximum atomic E-state index is 13.4. The van der Waals surface area contributed by atoms with Crippen molar-refractivity contribution in [3.05, 3.63) is 94.9 Å². The van der Waals surface area contributed by atoms with Gasteiger partial charge in [-0.3, -0.25) is 10.2 Å². The molecule has 2 amide bonds. The summed E-state index contributed by atoms with van der Waals surface area (Å²) in [4.78, 5) is 15.7. The van der Waals surface area contributed by atoms with Crippen LogP contribution in [0.5, 0.6) is 11.5 Å². The lowest BCUT2D eigenvalue weighted by atomic mass is 9.92. The van der Waals surface area contributed by atoms with Crippen LogP contribution in [0.15, 0.2) is 66.7 Å². The Morgan fingerprint density at radius 3 is 2.48 bits per heavy atom. The van der Waals surface area contributed by atoms with Gasteiger partial charge in [-0.1, -0.05) is 38.5 Å². The van der Waals surface area contributed by atoms with E-state index in [1.54, 1.807) is 16.8 Å². The largest absolute Gasteiger partial charge is 0.508 e. The minimum atomic E-state index is -0.307. The number of hydrogen-bond acceptors (Lipinski definition) is 7. The van der Waals surface area contributed by atoms with E-state index in [0.717, 1.165) is 90.1 Å². The molecule has 2 aromatic heterocycles. The first-order chi connectivity index (χ1) is 23.1. The number of hydrogen-bond donors (Lipinski definition) is 3. The lowest BCUT2D eigenvalue weighted by molar-refractivity contribution is 0.174. The molecule has 0 atom stereocenters. The number of carbonyl (C=O) groups excluding carboxylic acids is 1. The molecule has 0 saturated heterocycles. The van der Waals surface area contributed by atoms with Crippen LogP contribution in [-0.2, 0) is 31.3 Å². The maximum Gasteiger partial charge on any atom is 0.324 e. The van der Waals surface area contributed by atoms with E-state index in [1.165, 1.54) is 5.56 Å². The van der Waals surface area contributed by atoms with Crippen molar-refractivity contribution in [3.63, 3.8) is 0 Å². The number of urea groups is 1. The third-order valence-electron chi connectivity index (χ3n) is 9.11. The predicted octanol–water partition coefficient (Wildman–Crippen LogP) is 6.47. The van der Waals surface area contributed by atoms with Gasteiger partial charge in [-0.05, 0) is 85.8 Å². The molecule has 5 aromatic rings. The second-order valence-electron chi connectivity index (χ2n) is 13.7. The van der Waals surface area contributed by atoms with Crippen molar-refractivity contribution in [1.82, 2.24) is 29.4 Å². The highest BCUT2D eigenvalue weighted by molar-refractivity contribution is 6.00. The molecule has 2 aliphatic rings. The molecule has 7 rings (SSSR count). The highest BCUT2D eigenvalue weighted by Gasteiger charge is 2.25. The zero-order valence-electron chi connectivity index (χ0n) is 28.0. The average Bonchev–Trinajstić information content (AvgIpc) is 3.82. The number of anilines is 2. The van der Waals surface area contributed by atoms with E-state index >= 15 is 0 Å². The van der Waals surface area contributed by atoms with Crippen molar-refractivity contribution in [2.45, 2.75) is 65.5 Å². The molecule has 3 N–H and O–H groups in total. The van der Waals surface area contributed by atoms with Gasteiger partial charge < -0.3 is 19.7 Å². The summed E-state index contributed by atoms with van der Waals surface area (Å²) in [7, 11) is 0. The molecule has 0 unspecified atom stereocenters. The summed E-state index contributed by atoms with van der Waals surface area (Å²) in [6, 6.07) is 20.7. The van der Waals surface area contributed by atoms with Gasteiger partial charge in [-0.2, -0.15) is 5.10 Å². The van der Waals surface area contributed by atoms with E-state index in [9.17, 15) is 9.90 Å². The number of aromatic nitrogens is 5. The molecule has 0 radical (unpaired) electrons. The molecule has 248 valence electrons. The molecule has 3 aromatic carbocycles. The fraction of sp³-hybridized carbons (Fsp3) is 0.351. The molecule has 0 bridgehead atoms. The Hall–Kier alpha value is -5.16. The number of rotatable bonds is 8. The number of phenolic OH excluding ortho intramolecular Hbond substituents is 1. The number of carbonyl (C=O) groups is 1. The summed E-state index contributed by atoms with van der Waals surface area (Å²) in [6.45, 7) is 12.1. The van der Waals surface area contributed by atoms with Crippen molar-refractivity contribution in [2.24, 2.45) is 0 Å². The predicted molar refractivity (Wildman–Crippen MR) is 186 cm³/mol. The lowest BCUT2D eigenvalue weighted by Gasteiger charge is -2.27. The highest BCUT2D eigenvalue weighted by Crippen LogP contribution is 2.36. The lowest BCUT2D eigenvalue weighted by Crippen LogP contribution is -2.36. The van der Waals surface area contributed by atoms with Gasteiger partial charge in [0.15, 0.2) is 5.82 Å². The minimum absolute atomic E-state index is 0.175. The number of amides is 2. The van der Waals surface area contributed by atoms with Gasteiger partial charge in [0.1, 0.15) is 29.7 Å². The fourth-order valence-electron chi connectivity index (χ4n) is 6.42. The Balaban J connectivity index is 0.987. The van der Waals surface area contributed by atoms with Gasteiger partial charge >= 0.3 is 6.03 Å². The van der Waals surface area contributed by atoms with Gasteiger partial charge in [-0.25, -0.2) is 9.48 Å². The van der Waals surface area contributed by atoms with E-state index in [1.807, 2.05) is 61.5 Å². The van der Waals surface area contributed by atoms with E-state index in [-0.39, 0.29) is 17.2 Å². The zero-order valence-corrected chi connectivity index (χ0v) is 28.0. The van der Waals surface area contributed by atoms with Crippen molar-refractivity contribution in [3.8, 4) is 28.6 Å². The SMILES string of the molecule is Cc1ccc(-n2nc(C(C)(C)C)cc2NC(=O)Nc2ccc(OCCN3CCn4c(nnc4-c4ccc(O)cc4)C3)c3c2CCC3)cc1. The van der Waals surface area contributed by atoms with E-state index in [4.69, 9.17) is 9.84 Å². The molecule has 1 aliphatic carbocycles. The fourth-order valence-corrected chi connectivity index (χ4v) is 6.42. The normalized spacial score (nSPS) is 14.4. The van der Waals surface area contributed by atoms with Gasteiger partial charge in [0.05, 0.1) is 17.9 Å². The van der Waals surface area contributed by atoms with Crippen molar-refractivity contribution in [1.29, 1.82) is 0 Å². The minimum Gasteiger partial charge on any atom is -0.508 e. The average molecular weight is 647 g/mol.